The van der Waals surface area contributed by atoms with Crippen LogP contribution in [0.3, 0.4) is 0 Å². The summed E-state index contributed by atoms with van der Waals surface area (Å²) in [5.41, 5.74) is 1.62. The van der Waals surface area contributed by atoms with Gasteiger partial charge < -0.3 is 19.2 Å². The fourth-order valence-electron chi connectivity index (χ4n) is 3.13. The molecule has 2 heterocycles. The molecule has 0 atom stereocenters. The number of anilines is 1. The standard InChI is InChI=1S/C24H21ClN4O3/c1-28-13-12-26-22(28)16-32-20-9-6-17(7-10-20)24(31)27-19-8-11-23(30)29(15-19)14-18-4-2-3-5-21(18)25/h2-13,15H,14,16H2,1H3,(H,27,31). The molecule has 0 aliphatic heterocycles. The smallest absolute Gasteiger partial charge is 0.255 e. The lowest BCUT2D eigenvalue weighted by atomic mass is 10.2. The van der Waals surface area contributed by atoms with Crippen LogP contribution >= 0.6 is 11.6 Å². The number of amides is 1. The Balaban J connectivity index is 1.41. The maximum atomic E-state index is 12.6. The van der Waals surface area contributed by atoms with E-state index in [9.17, 15) is 9.59 Å². The number of aromatic nitrogens is 3. The minimum Gasteiger partial charge on any atom is -0.486 e. The van der Waals surface area contributed by atoms with Gasteiger partial charge in [-0.1, -0.05) is 29.8 Å². The van der Waals surface area contributed by atoms with E-state index >= 15 is 0 Å². The zero-order chi connectivity index (χ0) is 22.5. The molecular weight excluding hydrogens is 428 g/mol. The molecule has 0 bridgehead atoms. The summed E-state index contributed by atoms with van der Waals surface area (Å²) >= 11 is 6.20. The van der Waals surface area contributed by atoms with Gasteiger partial charge in [-0.05, 0) is 42.0 Å². The molecule has 0 fully saturated rings. The van der Waals surface area contributed by atoms with Gasteiger partial charge in [-0.3, -0.25) is 9.59 Å². The Bertz CT molecular complexity index is 1300. The maximum Gasteiger partial charge on any atom is 0.255 e. The Hall–Kier alpha value is -3.84. The maximum absolute atomic E-state index is 12.6. The van der Waals surface area contributed by atoms with E-state index in [-0.39, 0.29) is 11.5 Å². The van der Waals surface area contributed by atoms with Crippen molar-refractivity contribution in [1.29, 1.82) is 0 Å². The summed E-state index contributed by atoms with van der Waals surface area (Å²) in [6.45, 7) is 0.645. The molecule has 2 aromatic heterocycles. The molecule has 4 rings (SSSR count). The number of benzene rings is 2. The number of rotatable bonds is 7. The van der Waals surface area contributed by atoms with Crippen molar-refractivity contribution in [2.24, 2.45) is 7.05 Å². The zero-order valence-corrected chi connectivity index (χ0v) is 18.1. The highest BCUT2D eigenvalue weighted by molar-refractivity contribution is 6.31. The lowest BCUT2D eigenvalue weighted by molar-refractivity contribution is 0.102. The van der Waals surface area contributed by atoms with Crippen molar-refractivity contribution in [2.75, 3.05) is 5.32 Å². The number of halogens is 1. The van der Waals surface area contributed by atoms with Gasteiger partial charge in [-0.25, -0.2) is 4.98 Å². The molecule has 0 aliphatic carbocycles. The Labute approximate surface area is 189 Å². The average Bonchev–Trinajstić information content (AvgIpc) is 3.21. The molecule has 7 nitrogen and oxygen atoms in total. The number of imidazole rings is 1. The van der Waals surface area contributed by atoms with Gasteiger partial charge in [0.15, 0.2) is 0 Å². The fraction of sp³-hybridized carbons (Fsp3) is 0.125. The highest BCUT2D eigenvalue weighted by Crippen LogP contribution is 2.17. The SMILES string of the molecule is Cn1ccnc1COc1ccc(C(=O)Nc2ccc(=O)n(Cc3ccccc3Cl)c2)cc1. The van der Waals surface area contributed by atoms with Crippen molar-refractivity contribution in [1.82, 2.24) is 14.1 Å². The summed E-state index contributed by atoms with van der Waals surface area (Å²) in [5.74, 6) is 1.15. The number of carbonyl (C=O) groups excluding carboxylic acids is 1. The lowest BCUT2D eigenvalue weighted by Gasteiger charge is -2.11. The molecule has 2 aromatic carbocycles. The Kier molecular flexibility index (Phi) is 6.37. The van der Waals surface area contributed by atoms with Gasteiger partial charge in [0.05, 0.1) is 12.2 Å². The number of nitrogens with one attached hydrogen (secondary N) is 1. The summed E-state index contributed by atoms with van der Waals surface area (Å²) in [6.07, 6.45) is 5.17. The molecule has 4 aromatic rings. The molecule has 162 valence electrons. The number of carbonyl (C=O) groups is 1. The van der Waals surface area contributed by atoms with Crippen LogP contribution in [0.4, 0.5) is 5.69 Å². The summed E-state index contributed by atoms with van der Waals surface area (Å²) < 4.78 is 9.10. The number of pyridine rings is 1. The third-order valence-corrected chi connectivity index (χ3v) is 5.31. The van der Waals surface area contributed by atoms with Crippen molar-refractivity contribution in [3.8, 4) is 5.75 Å². The third-order valence-electron chi connectivity index (χ3n) is 4.95. The first-order chi connectivity index (χ1) is 15.5. The van der Waals surface area contributed by atoms with Crippen LogP contribution in [-0.2, 0) is 20.2 Å². The first-order valence-corrected chi connectivity index (χ1v) is 10.3. The second-order valence-corrected chi connectivity index (χ2v) is 7.60. The molecule has 1 amide bonds. The number of hydrogen-bond acceptors (Lipinski definition) is 4. The summed E-state index contributed by atoms with van der Waals surface area (Å²) in [6, 6.07) is 17.2. The van der Waals surface area contributed by atoms with E-state index in [1.165, 1.54) is 10.6 Å². The molecular formula is C24H21ClN4O3. The van der Waals surface area contributed by atoms with E-state index < -0.39 is 0 Å². The molecule has 0 unspecified atom stereocenters. The third kappa shape index (κ3) is 5.07. The first-order valence-electron chi connectivity index (χ1n) is 9.94. The summed E-state index contributed by atoms with van der Waals surface area (Å²) in [4.78, 5) is 29.1. The highest BCUT2D eigenvalue weighted by atomic mass is 35.5. The van der Waals surface area contributed by atoms with E-state index in [1.807, 2.05) is 36.0 Å². The second-order valence-electron chi connectivity index (χ2n) is 7.20. The van der Waals surface area contributed by atoms with Crippen LogP contribution < -0.4 is 15.6 Å². The normalized spacial score (nSPS) is 10.7. The molecule has 0 spiro atoms. The van der Waals surface area contributed by atoms with Crippen molar-refractivity contribution in [3.05, 3.63) is 112 Å². The largest absolute Gasteiger partial charge is 0.486 e. The van der Waals surface area contributed by atoms with Crippen LogP contribution in [0.15, 0.2) is 84.0 Å². The minimum absolute atomic E-state index is 0.183. The van der Waals surface area contributed by atoms with E-state index in [4.69, 9.17) is 16.3 Å². The van der Waals surface area contributed by atoms with Gasteiger partial charge in [0.2, 0.25) is 0 Å². The van der Waals surface area contributed by atoms with E-state index in [1.54, 1.807) is 48.8 Å². The number of nitrogens with zero attached hydrogens (tertiary/aromatic N) is 3. The van der Waals surface area contributed by atoms with Crippen molar-refractivity contribution in [2.45, 2.75) is 13.2 Å². The quantitative estimate of drug-likeness (QED) is 0.461. The number of aryl methyl sites for hydroxylation is 1. The van der Waals surface area contributed by atoms with Crippen molar-refractivity contribution >= 4 is 23.2 Å². The first kappa shape index (κ1) is 21.4. The molecule has 0 radical (unpaired) electrons. The predicted molar refractivity (Wildman–Crippen MR) is 123 cm³/mol. The van der Waals surface area contributed by atoms with Crippen LogP contribution in [0.5, 0.6) is 5.75 Å². The molecule has 0 saturated heterocycles. The van der Waals surface area contributed by atoms with Gasteiger partial charge in [-0.2, -0.15) is 0 Å². The highest BCUT2D eigenvalue weighted by Gasteiger charge is 2.09. The number of ether oxygens (including phenoxy) is 1. The Morgan fingerprint density at radius 3 is 2.59 bits per heavy atom. The molecule has 1 N–H and O–H groups in total. The van der Waals surface area contributed by atoms with E-state index in [0.29, 0.717) is 35.2 Å². The topological polar surface area (TPSA) is 78.2 Å². The monoisotopic (exact) mass is 448 g/mol. The van der Waals surface area contributed by atoms with Gasteiger partial charge >= 0.3 is 0 Å². The Morgan fingerprint density at radius 1 is 1.09 bits per heavy atom. The molecule has 8 heteroatoms. The Morgan fingerprint density at radius 2 is 1.88 bits per heavy atom. The molecule has 0 saturated carbocycles. The predicted octanol–water partition coefficient (Wildman–Crippen LogP) is 4.11. The average molecular weight is 449 g/mol. The number of hydrogen-bond donors (Lipinski definition) is 1. The van der Waals surface area contributed by atoms with Gasteiger partial charge in [0.25, 0.3) is 11.5 Å². The van der Waals surface area contributed by atoms with Crippen LogP contribution in [0, 0.1) is 0 Å². The van der Waals surface area contributed by atoms with Crippen LogP contribution in [-0.4, -0.2) is 20.0 Å². The second kappa shape index (κ2) is 9.53. The van der Waals surface area contributed by atoms with Gasteiger partial charge in [-0.15, -0.1) is 0 Å². The van der Waals surface area contributed by atoms with Crippen LogP contribution in [0.2, 0.25) is 5.02 Å². The van der Waals surface area contributed by atoms with Gasteiger partial charge in [0.1, 0.15) is 18.2 Å². The zero-order valence-electron chi connectivity index (χ0n) is 17.4. The lowest BCUT2D eigenvalue weighted by Crippen LogP contribution is -2.21. The van der Waals surface area contributed by atoms with E-state index in [0.717, 1.165) is 11.4 Å². The van der Waals surface area contributed by atoms with Crippen LogP contribution in [0.25, 0.3) is 0 Å². The minimum atomic E-state index is -0.288. The summed E-state index contributed by atoms with van der Waals surface area (Å²) in [7, 11) is 1.90. The molecule has 0 aliphatic rings. The van der Waals surface area contributed by atoms with Gasteiger partial charge in [0, 0.05) is 42.3 Å². The summed E-state index contributed by atoms with van der Waals surface area (Å²) in [5, 5.41) is 3.40. The van der Waals surface area contributed by atoms with E-state index in [2.05, 4.69) is 10.3 Å². The van der Waals surface area contributed by atoms with Crippen LogP contribution in [0.1, 0.15) is 21.7 Å². The van der Waals surface area contributed by atoms with Crippen molar-refractivity contribution < 1.29 is 9.53 Å². The van der Waals surface area contributed by atoms with Crippen molar-refractivity contribution in [3.63, 3.8) is 0 Å². The fourth-order valence-corrected chi connectivity index (χ4v) is 3.32. The molecule has 32 heavy (non-hydrogen) atoms.